The molecule has 1 aliphatic heterocycles. The zero-order chi connectivity index (χ0) is 17.4. The Hall–Kier alpha value is -2.37. The maximum Gasteiger partial charge on any atom is 0.229 e. The Balaban J connectivity index is 1.47. The quantitative estimate of drug-likeness (QED) is 0.930. The number of carbonyl (C=O) groups is 2. The zero-order valence-electron chi connectivity index (χ0n) is 14.5. The Kier molecular flexibility index (Phi) is 4.19. The molecule has 2 amide bonds. The molecule has 2 aromatic rings. The third-order valence-corrected chi connectivity index (χ3v) is 5.32. The topological polar surface area (TPSA) is 75.4 Å². The van der Waals surface area contributed by atoms with Crippen molar-refractivity contribution in [2.75, 3.05) is 11.9 Å². The second-order valence-corrected chi connectivity index (χ2v) is 7.11. The van der Waals surface area contributed by atoms with Crippen molar-refractivity contribution in [3.63, 3.8) is 0 Å². The highest BCUT2D eigenvalue weighted by molar-refractivity contribution is 6.01. The number of fused-ring (bicyclic) bond motifs is 1. The number of amides is 2. The van der Waals surface area contributed by atoms with E-state index in [9.17, 15) is 9.59 Å². The fourth-order valence-electron chi connectivity index (χ4n) is 4.05. The minimum atomic E-state index is -0.297. The van der Waals surface area contributed by atoms with E-state index in [1.807, 2.05) is 17.0 Å². The number of carbonyl (C=O) groups excluding carboxylic acids is 2. The molecule has 2 aliphatic rings. The van der Waals surface area contributed by atoms with Gasteiger partial charge in [0.05, 0.1) is 11.6 Å². The van der Waals surface area contributed by atoms with Gasteiger partial charge in [0.25, 0.3) is 0 Å². The number of aromatic nitrogens is 1. The average Bonchev–Trinajstić information content (AvgIpc) is 3.18. The van der Waals surface area contributed by atoms with Gasteiger partial charge >= 0.3 is 0 Å². The molecule has 132 valence electrons. The van der Waals surface area contributed by atoms with Gasteiger partial charge in [0.1, 0.15) is 5.52 Å². The first-order valence-electron chi connectivity index (χ1n) is 9.08. The monoisotopic (exact) mass is 341 g/mol. The fourth-order valence-corrected chi connectivity index (χ4v) is 4.05. The van der Waals surface area contributed by atoms with Gasteiger partial charge in [0.2, 0.25) is 11.8 Å². The minimum absolute atomic E-state index is 0.112. The number of nitrogens with zero attached hydrogens (tertiary/aromatic N) is 2. The molecule has 6 nitrogen and oxygen atoms in total. The Morgan fingerprint density at radius 2 is 2.08 bits per heavy atom. The second-order valence-electron chi connectivity index (χ2n) is 7.11. The minimum Gasteiger partial charge on any atom is -0.439 e. The number of benzene rings is 1. The van der Waals surface area contributed by atoms with Crippen LogP contribution in [-0.4, -0.2) is 34.3 Å². The van der Waals surface area contributed by atoms with Crippen molar-refractivity contribution in [1.82, 2.24) is 9.88 Å². The van der Waals surface area contributed by atoms with Crippen molar-refractivity contribution in [2.24, 2.45) is 5.92 Å². The van der Waals surface area contributed by atoms with Crippen LogP contribution in [0, 0.1) is 12.8 Å². The number of para-hydroxylation sites is 1. The Morgan fingerprint density at radius 1 is 1.28 bits per heavy atom. The van der Waals surface area contributed by atoms with Crippen LogP contribution in [0.5, 0.6) is 0 Å². The highest BCUT2D eigenvalue weighted by Crippen LogP contribution is 2.30. The number of oxazole rings is 1. The Morgan fingerprint density at radius 3 is 2.88 bits per heavy atom. The van der Waals surface area contributed by atoms with Crippen LogP contribution in [0.25, 0.3) is 11.1 Å². The summed E-state index contributed by atoms with van der Waals surface area (Å²) in [5.74, 6) is 0.263. The number of aryl methyl sites for hydroxylation is 1. The first-order chi connectivity index (χ1) is 12.1. The van der Waals surface area contributed by atoms with E-state index in [0.717, 1.165) is 18.4 Å². The largest absolute Gasteiger partial charge is 0.439 e. The molecule has 6 heteroatoms. The smallest absolute Gasteiger partial charge is 0.229 e. The van der Waals surface area contributed by atoms with E-state index in [4.69, 9.17) is 4.42 Å². The lowest BCUT2D eigenvalue weighted by Gasteiger charge is -2.31. The lowest BCUT2D eigenvalue weighted by molar-refractivity contribution is -0.130. The van der Waals surface area contributed by atoms with E-state index in [1.54, 1.807) is 13.0 Å². The second kappa shape index (κ2) is 6.50. The van der Waals surface area contributed by atoms with Gasteiger partial charge in [0, 0.05) is 25.9 Å². The van der Waals surface area contributed by atoms with Gasteiger partial charge < -0.3 is 14.6 Å². The van der Waals surface area contributed by atoms with Crippen molar-refractivity contribution in [3.8, 4) is 0 Å². The SMILES string of the molecule is Cc1nc2cccc(NC(=O)C3CC(=O)N(C4CCCCC4)C3)c2o1. The zero-order valence-corrected chi connectivity index (χ0v) is 14.5. The third kappa shape index (κ3) is 3.13. The standard InChI is InChI=1S/C19H23N3O3/c1-12-20-15-8-5-9-16(18(15)25-12)21-19(24)13-10-17(23)22(11-13)14-6-3-2-4-7-14/h5,8-9,13-14H,2-4,6-7,10-11H2,1H3,(H,21,24). The Bertz CT molecular complexity index is 807. The highest BCUT2D eigenvalue weighted by Gasteiger charge is 2.38. The van der Waals surface area contributed by atoms with Crippen LogP contribution in [0.1, 0.15) is 44.4 Å². The van der Waals surface area contributed by atoms with Crippen molar-refractivity contribution in [2.45, 2.75) is 51.5 Å². The van der Waals surface area contributed by atoms with Crippen LogP contribution >= 0.6 is 0 Å². The van der Waals surface area contributed by atoms with Crippen LogP contribution in [0.3, 0.4) is 0 Å². The van der Waals surface area contributed by atoms with E-state index in [-0.39, 0.29) is 17.7 Å². The van der Waals surface area contributed by atoms with Gasteiger partial charge in [-0.1, -0.05) is 25.3 Å². The molecule has 1 aromatic heterocycles. The normalized spacial score (nSPS) is 21.9. The number of hydrogen-bond donors (Lipinski definition) is 1. The van der Waals surface area contributed by atoms with E-state index in [2.05, 4.69) is 10.3 Å². The highest BCUT2D eigenvalue weighted by atomic mass is 16.3. The molecule has 1 N–H and O–H groups in total. The molecule has 25 heavy (non-hydrogen) atoms. The van der Waals surface area contributed by atoms with Gasteiger partial charge in [-0.25, -0.2) is 4.98 Å². The summed E-state index contributed by atoms with van der Waals surface area (Å²) >= 11 is 0. The predicted molar refractivity (Wildman–Crippen MR) is 94.1 cm³/mol. The number of anilines is 1. The summed E-state index contributed by atoms with van der Waals surface area (Å²) in [4.78, 5) is 31.3. The summed E-state index contributed by atoms with van der Waals surface area (Å²) in [6.07, 6.45) is 6.04. The van der Waals surface area contributed by atoms with Crippen LogP contribution in [0.2, 0.25) is 0 Å². The molecular formula is C19H23N3O3. The Labute approximate surface area is 146 Å². The van der Waals surface area contributed by atoms with Crippen LogP contribution < -0.4 is 5.32 Å². The molecule has 1 atom stereocenters. The van der Waals surface area contributed by atoms with Crippen molar-refractivity contribution < 1.29 is 14.0 Å². The van der Waals surface area contributed by atoms with Crippen molar-refractivity contribution in [3.05, 3.63) is 24.1 Å². The summed E-state index contributed by atoms with van der Waals surface area (Å²) in [7, 11) is 0. The average molecular weight is 341 g/mol. The predicted octanol–water partition coefficient (Wildman–Crippen LogP) is 3.26. The van der Waals surface area contributed by atoms with Gasteiger partial charge in [-0.15, -0.1) is 0 Å². The first-order valence-corrected chi connectivity index (χ1v) is 9.08. The lowest BCUT2D eigenvalue weighted by atomic mass is 9.94. The van der Waals surface area contributed by atoms with E-state index in [1.165, 1.54) is 19.3 Å². The van der Waals surface area contributed by atoms with E-state index >= 15 is 0 Å². The van der Waals surface area contributed by atoms with Crippen molar-refractivity contribution in [1.29, 1.82) is 0 Å². The van der Waals surface area contributed by atoms with E-state index < -0.39 is 0 Å². The molecule has 4 rings (SSSR count). The molecule has 1 unspecified atom stereocenters. The number of rotatable bonds is 3. The van der Waals surface area contributed by atoms with Crippen molar-refractivity contribution >= 4 is 28.6 Å². The van der Waals surface area contributed by atoms with Crippen LogP contribution in [0.4, 0.5) is 5.69 Å². The van der Waals surface area contributed by atoms with Crippen LogP contribution in [0.15, 0.2) is 22.6 Å². The molecule has 0 spiro atoms. The van der Waals surface area contributed by atoms with Gasteiger partial charge in [-0.2, -0.15) is 0 Å². The molecule has 2 fully saturated rings. The summed E-state index contributed by atoms with van der Waals surface area (Å²) in [6, 6.07) is 5.82. The maximum absolute atomic E-state index is 12.7. The molecule has 1 saturated heterocycles. The lowest BCUT2D eigenvalue weighted by Crippen LogP contribution is -2.38. The number of hydrogen-bond acceptors (Lipinski definition) is 4. The summed E-state index contributed by atoms with van der Waals surface area (Å²) in [5, 5.41) is 2.93. The van der Waals surface area contributed by atoms with E-state index in [0.29, 0.717) is 36.2 Å². The molecule has 0 bridgehead atoms. The number of likely N-dealkylation sites (tertiary alicyclic amines) is 1. The first kappa shape index (κ1) is 16.1. The van der Waals surface area contributed by atoms with Gasteiger partial charge in [0.15, 0.2) is 11.5 Å². The molecular weight excluding hydrogens is 318 g/mol. The van der Waals surface area contributed by atoms with Gasteiger partial charge in [-0.05, 0) is 25.0 Å². The molecule has 2 heterocycles. The molecule has 0 radical (unpaired) electrons. The van der Waals surface area contributed by atoms with Crippen LogP contribution in [-0.2, 0) is 9.59 Å². The number of nitrogens with one attached hydrogen (secondary N) is 1. The summed E-state index contributed by atoms with van der Waals surface area (Å²) in [5.41, 5.74) is 1.93. The maximum atomic E-state index is 12.7. The third-order valence-electron chi connectivity index (χ3n) is 5.32. The molecule has 1 aromatic carbocycles. The molecule has 1 saturated carbocycles. The van der Waals surface area contributed by atoms with Gasteiger partial charge in [-0.3, -0.25) is 9.59 Å². The summed E-state index contributed by atoms with van der Waals surface area (Å²) in [6.45, 7) is 2.31. The fraction of sp³-hybridized carbons (Fsp3) is 0.526. The summed E-state index contributed by atoms with van der Waals surface area (Å²) < 4.78 is 5.60. The molecule has 1 aliphatic carbocycles.